The number of piperazine rings is 1. The highest BCUT2D eigenvalue weighted by Gasteiger charge is 2.23. The predicted molar refractivity (Wildman–Crippen MR) is 120 cm³/mol. The van der Waals surface area contributed by atoms with Gasteiger partial charge < -0.3 is 24.6 Å². The molecule has 1 saturated heterocycles. The van der Waals surface area contributed by atoms with Crippen molar-refractivity contribution in [1.29, 1.82) is 0 Å². The van der Waals surface area contributed by atoms with Crippen LogP contribution in [0.25, 0.3) is 11.3 Å². The highest BCUT2D eigenvalue weighted by atomic mass is 19.1. The third-order valence-electron chi connectivity index (χ3n) is 5.39. The van der Waals surface area contributed by atoms with E-state index >= 15 is 0 Å². The fraction of sp³-hybridized carbons (Fsp3) is 0.261. The molecular weight excluding hydrogens is 432 g/mol. The van der Waals surface area contributed by atoms with E-state index in [-0.39, 0.29) is 5.69 Å². The third kappa shape index (κ3) is 4.94. The Hall–Kier alpha value is -3.95. The van der Waals surface area contributed by atoms with Crippen molar-refractivity contribution in [1.82, 2.24) is 15.1 Å². The number of aromatic nitrogens is 2. The van der Waals surface area contributed by atoms with Crippen LogP contribution in [0.3, 0.4) is 0 Å². The van der Waals surface area contributed by atoms with Crippen LogP contribution in [0.4, 0.5) is 25.1 Å². The Bertz CT molecular complexity index is 1140. The summed E-state index contributed by atoms with van der Waals surface area (Å²) in [5.74, 6) is 0.713. The Morgan fingerprint density at radius 1 is 0.939 bits per heavy atom. The van der Waals surface area contributed by atoms with Gasteiger partial charge in [0.05, 0.1) is 25.6 Å². The van der Waals surface area contributed by atoms with Gasteiger partial charge in [0.15, 0.2) is 5.82 Å². The number of carbonyl (C=O) groups is 1. The molecule has 0 aliphatic carbocycles. The van der Waals surface area contributed by atoms with E-state index in [0.717, 1.165) is 23.8 Å². The molecule has 0 bridgehead atoms. The second-order valence-electron chi connectivity index (χ2n) is 7.37. The molecule has 4 rings (SSSR count). The maximum absolute atomic E-state index is 13.8. The minimum absolute atomic E-state index is 0.183. The van der Waals surface area contributed by atoms with Crippen molar-refractivity contribution in [3.8, 4) is 22.8 Å². The minimum atomic E-state index is -0.689. The first kappa shape index (κ1) is 22.3. The second kappa shape index (κ2) is 9.68. The first-order valence-corrected chi connectivity index (χ1v) is 10.3. The zero-order valence-corrected chi connectivity index (χ0v) is 18.2. The van der Waals surface area contributed by atoms with Crippen molar-refractivity contribution < 1.29 is 23.0 Å². The maximum atomic E-state index is 13.8. The average molecular weight is 455 g/mol. The third-order valence-corrected chi connectivity index (χ3v) is 5.39. The van der Waals surface area contributed by atoms with Crippen LogP contribution in [0, 0.1) is 11.6 Å². The molecule has 1 aliphatic heterocycles. The van der Waals surface area contributed by atoms with Crippen molar-refractivity contribution in [2.75, 3.05) is 50.6 Å². The number of nitrogens with zero attached hydrogens (tertiary/aromatic N) is 4. The summed E-state index contributed by atoms with van der Waals surface area (Å²) in [6, 6.07) is 11.6. The Labute approximate surface area is 189 Å². The van der Waals surface area contributed by atoms with E-state index in [9.17, 15) is 13.6 Å². The molecule has 2 aromatic carbocycles. The van der Waals surface area contributed by atoms with E-state index in [1.54, 1.807) is 19.1 Å². The first-order chi connectivity index (χ1) is 16.0. The van der Waals surface area contributed by atoms with Crippen LogP contribution in [-0.4, -0.2) is 61.5 Å². The highest BCUT2D eigenvalue weighted by Crippen LogP contribution is 2.32. The van der Waals surface area contributed by atoms with Crippen LogP contribution in [0.15, 0.2) is 48.5 Å². The minimum Gasteiger partial charge on any atom is -0.497 e. The maximum Gasteiger partial charge on any atom is 0.322 e. The number of hydrogen-bond donors (Lipinski definition) is 1. The molecule has 1 N–H and O–H groups in total. The van der Waals surface area contributed by atoms with Gasteiger partial charge in [0.2, 0.25) is 0 Å². The number of amides is 2. The standard InChI is InChI=1S/C23H23F2N5O3/c1-32-16-4-7-21(33-2)17(14-16)19-6-8-22(28-27-19)29-9-11-30(12-10-29)23(31)26-20-13-15(24)3-5-18(20)25/h3-8,13-14H,9-12H2,1-2H3,(H,26,31). The van der Waals surface area contributed by atoms with Crippen molar-refractivity contribution >= 4 is 17.5 Å². The topological polar surface area (TPSA) is 79.8 Å². The number of halogens is 2. The Morgan fingerprint density at radius 3 is 2.39 bits per heavy atom. The summed E-state index contributed by atoms with van der Waals surface area (Å²) in [4.78, 5) is 16.0. The number of urea groups is 1. The zero-order valence-electron chi connectivity index (χ0n) is 18.2. The lowest BCUT2D eigenvalue weighted by Gasteiger charge is -2.35. The Balaban J connectivity index is 1.39. The molecule has 1 aromatic heterocycles. The molecule has 10 heteroatoms. The summed E-state index contributed by atoms with van der Waals surface area (Å²) in [6.45, 7) is 1.84. The van der Waals surface area contributed by atoms with E-state index in [1.165, 1.54) is 0 Å². The van der Waals surface area contributed by atoms with E-state index in [1.807, 2.05) is 35.2 Å². The Kier molecular flexibility index (Phi) is 6.53. The largest absolute Gasteiger partial charge is 0.497 e. The summed E-state index contributed by atoms with van der Waals surface area (Å²) in [5, 5.41) is 11.1. The molecular formula is C23H23F2N5O3. The lowest BCUT2D eigenvalue weighted by molar-refractivity contribution is 0.208. The quantitative estimate of drug-likeness (QED) is 0.631. The lowest BCUT2D eigenvalue weighted by atomic mass is 10.1. The van der Waals surface area contributed by atoms with Crippen LogP contribution in [0.1, 0.15) is 0 Å². The van der Waals surface area contributed by atoms with E-state index in [0.29, 0.717) is 49.2 Å². The molecule has 33 heavy (non-hydrogen) atoms. The molecule has 2 amide bonds. The number of methoxy groups -OCH3 is 2. The van der Waals surface area contributed by atoms with Gasteiger partial charge in [-0.05, 0) is 42.5 Å². The van der Waals surface area contributed by atoms with Gasteiger partial charge in [-0.25, -0.2) is 13.6 Å². The van der Waals surface area contributed by atoms with Crippen molar-refractivity contribution in [3.63, 3.8) is 0 Å². The summed E-state index contributed by atoms with van der Waals surface area (Å²) in [7, 11) is 3.18. The summed E-state index contributed by atoms with van der Waals surface area (Å²) < 4.78 is 37.8. The number of carbonyl (C=O) groups excluding carboxylic acids is 1. The van der Waals surface area contributed by atoms with Crippen molar-refractivity contribution in [2.24, 2.45) is 0 Å². The van der Waals surface area contributed by atoms with Crippen molar-refractivity contribution in [3.05, 3.63) is 60.2 Å². The highest BCUT2D eigenvalue weighted by molar-refractivity contribution is 5.89. The van der Waals surface area contributed by atoms with Gasteiger partial charge in [-0.3, -0.25) is 0 Å². The number of anilines is 2. The van der Waals surface area contributed by atoms with Crippen LogP contribution < -0.4 is 19.7 Å². The molecule has 0 spiro atoms. The fourth-order valence-electron chi connectivity index (χ4n) is 3.58. The molecule has 1 fully saturated rings. The lowest BCUT2D eigenvalue weighted by Crippen LogP contribution is -2.50. The molecule has 0 radical (unpaired) electrons. The molecule has 3 aromatic rings. The molecule has 8 nitrogen and oxygen atoms in total. The van der Waals surface area contributed by atoms with Crippen LogP contribution in [-0.2, 0) is 0 Å². The molecule has 1 aliphatic rings. The number of ether oxygens (including phenoxy) is 2. The fourth-order valence-corrected chi connectivity index (χ4v) is 3.58. The SMILES string of the molecule is COc1ccc(OC)c(-c2ccc(N3CCN(C(=O)Nc4cc(F)ccc4F)CC3)nn2)c1. The second-order valence-corrected chi connectivity index (χ2v) is 7.37. The molecule has 0 saturated carbocycles. The number of benzene rings is 2. The van der Waals surface area contributed by atoms with Gasteiger partial charge in [-0.15, -0.1) is 10.2 Å². The molecule has 172 valence electrons. The van der Waals surface area contributed by atoms with Crippen molar-refractivity contribution in [2.45, 2.75) is 0 Å². The van der Waals surface area contributed by atoms with Gasteiger partial charge in [0, 0.05) is 37.8 Å². The average Bonchev–Trinajstić information content (AvgIpc) is 2.86. The molecule has 0 atom stereocenters. The molecule has 2 heterocycles. The Morgan fingerprint density at radius 2 is 1.73 bits per heavy atom. The smallest absolute Gasteiger partial charge is 0.322 e. The van der Waals surface area contributed by atoms with E-state index in [2.05, 4.69) is 15.5 Å². The number of nitrogens with one attached hydrogen (secondary N) is 1. The number of rotatable bonds is 5. The normalized spacial score (nSPS) is 13.6. The van der Waals surface area contributed by atoms with Gasteiger partial charge in [0.1, 0.15) is 23.1 Å². The van der Waals surface area contributed by atoms with Gasteiger partial charge >= 0.3 is 6.03 Å². The summed E-state index contributed by atoms with van der Waals surface area (Å²) in [5.41, 5.74) is 1.23. The van der Waals surface area contributed by atoms with Crippen LogP contribution in [0.5, 0.6) is 11.5 Å². The summed E-state index contributed by atoms with van der Waals surface area (Å²) in [6.07, 6.45) is 0. The molecule has 0 unspecified atom stereocenters. The monoisotopic (exact) mass is 455 g/mol. The van der Waals surface area contributed by atoms with E-state index < -0.39 is 17.7 Å². The van der Waals surface area contributed by atoms with Crippen LogP contribution >= 0.6 is 0 Å². The summed E-state index contributed by atoms with van der Waals surface area (Å²) >= 11 is 0. The van der Waals surface area contributed by atoms with E-state index in [4.69, 9.17) is 9.47 Å². The predicted octanol–water partition coefficient (Wildman–Crippen LogP) is 3.79. The first-order valence-electron chi connectivity index (χ1n) is 10.3. The number of hydrogen-bond acceptors (Lipinski definition) is 6. The van der Waals surface area contributed by atoms with Gasteiger partial charge in [-0.2, -0.15) is 0 Å². The van der Waals surface area contributed by atoms with Gasteiger partial charge in [-0.1, -0.05) is 0 Å². The van der Waals surface area contributed by atoms with Crippen LogP contribution in [0.2, 0.25) is 0 Å². The zero-order chi connectivity index (χ0) is 23.4. The van der Waals surface area contributed by atoms with Gasteiger partial charge in [0.25, 0.3) is 0 Å².